The van der Waals surface area contributed by atoms with E-state index in [0.29, 0.717) is 5.56 Å². The van der Waals surface area contributed by atoms with Gasteiger partial charge in [-0.1, -0.05) is 33.8 Å². The van der Waals surface area contributed by atoms with Crippen LogP contribution in [0.4, 0.5) is 8.78 Å². The van der Waals surface area contributed by atoms with Gasteiger partial charge in [-0.2, -0.15) is 0 Å². The van der Waals surface area contributed by atoms with Crippen molar-refractivity contribution in [2.24, 2.45) is 0 Å². The van der Waals surface area contributed by atoms with Crippen molar-refractivity contribution in [2.75, 3.05) is 0 Å². The smallest absolute Gasteiger partial charge is 0.132 e. The normalized spacial score (nSPS) is 9.71. The van der Waals surface area contributed by atoms with Crippen molar-refractivity contribution in [3.8, 4) is 0 Å². The molecule has 0 aliphatic heterocycles. The first-order valence-electron chi connectivity index (χ1n) is 4.98. The van der Waals surface area contributed by atoms with Crippen LogP contribution in [0.1, 0.15) is 44.7 Å². The summed E-state index contributed by atoms with van der Waals surface area (Å²) < 4.78 is 26.3. The molecule has 2 heteroatoms. The molecule has 0 radical (unpaired) electrons. The van der Waals surface area contributed by atoms with Crippen LogP contribution in [0.25, 0.3) is 0 Å². The summed E-state index contributed by atoms with van der Waals surface area (Å²) in [5, 5.41) is 0. The van der Waals surface area contributed by atoms with Crippen molar-refractivity contribution >= 4 is 0 Å². The third-order valence-corrected chi connectivity index (χ3v) is 1.90. The van der Waals surface area contributed by atoms with Gasteiger partial charge in [0.25, 0.3) is 0 Å². The van der Waals surface area contributed by atoms with Crippen LogP contribution in [-0.2, 0) is 0 Å². The van der Waals surface area contributed by atoms with Crippen molar-refractivity contribution < 1.29 is 8.78 Å². The molecule has 1 aromatic rings. The second kappa shape index (κ2) is 5.74. The average Bonchev–Trinajstić information content (AvgIpc) is 2.15. The van der Waals surface area contributed by atoms with E-state index < -0.39 is 11.6 Å². The van der Waals surface area contributed by atoms with Crippen molar-refractivity contribution in [3.63, 3.8) is 0 Å². The van der Waals surface area contributed by atoms with Crippen LogP contribution >= 0.6 is 0 Å². The Bertz CT molecular complexity index is 291. The molecule has 80 valence electrons. The first kappa shape index (κ1) is 13.1. The topological polar surface area (TPSA) is 0 Å². The lowest BCUT2D eigenvalue weighted by Crippen LogP contribution is -1.99. The third kappa shape index (κ3) is 2.79. The Morgan fingerprint density at radius 2 is 1.57 bits per heavy atom. The Hall–Kier alpha value is -0.920. The number of benzene rings is 1. The van der Waals surface area contributed by atoms with Gasteiger partial charge < -0.3 is 0 Å². The standard InChI is InChI=1S/C10H12F2.C2H6/c1-6(2)9-8(11)5-4-7(3)10(9)12;1-2/h4-6H,1-3H3;1-2H3. The highest BCUT2D eigenvalue weighted by molar-refractivity contribution is 5.28. The van der Waals surface area contributed by atoms with E-state index in [0.717, 1.165) is 0 Å². The molecule has 0 spiro atoms. The van der Waals surface area contributed by atoms with Crippen LogP contribution in [0.2, 0.25) is 0 Å². The minimum absolute atomic E-state index is 0.107. The molecule has 0 atom stereocenters. The van der Waals surface area contributed by atoms with Crippen LogP contribution < -0.4 is 0 Å². The Balaban J connectivity index is 0.000000791. The van der Waals surface area contributed by atoms with Gasteiger partial charge in [0.05, 0.1) is 0 Å². The summed E-state index contributed by atoms with van der Waals surface area (Å²) in [6.07, 6.45) is 0. The number of hydrogen-bond acceptors (Lipinski definition) is 0. The Morgan fingerprint density at radius 1 is 1.07 bits per heavy atom. The van der Waals surface area contributed by atoms with Crippen molar-refractivity contribution in [2.45, 2.75) is 40.5 Å². The molecule has 0 nitrogen and oxygen atoms in total. The van der Waals surface area contributed by atoms with Crippen LogP contribution in [-0.4, -0.2) is 0 Å². The average molecular weight is 200 g/mol. The first-order valence-corrected chi connectivity index (χ1v) is 4.98. The minimum atomic E-state index is -0.451. The molecule has 0 fully saturated rings. The molecule has 0 unspecified atom stereocenters. The number of hydrogen-bond donors (Lipinski definition) is 0. The number of aryl methyl sites for hydroxylation is 1. The monoisotopic (exact) mass is 200 g/mol. The molecule has 0 amide bonds. The highest BCUT2D eigenvalue weighted by atomic mass is 19.1. The largest absolute Gasteiger partial charge is 0.207 e. The molecule has 0 aromatic heterocycles. The van der Waals surface area contributed by atoms with E-state index in [1.807, 2.05) is 13.8 Å². The molecule has 0 N–H and O–H groups in total. The van der Waals surface area contributed by atoms with Gasteiger partial charge >= 0.3 is 0 Å². The number of rotatable bonds is 1. The lowest BCUT2D eigenvalue weighted by molar-refractivity contribution is 0.536. The van der Waals surface area contributed by atoms with E-state index in [-0.39, 0.29) is 11.5 Å². The fourth-order valence-electron chi connectivity index (χ4n) is 1.21. The molecule has 0 saturated heterocycles. The van der Waals surface area contributed by atoms with Gasteiger partial charge in [0, 0.05) is 5.56 Å². The van der Waals surface area contributed by atoms with Gasteiger partial charge in [0.1, 0.15) is 11.6 Å². The predicted octanol–water partition coefficient (Wildman–Crippen LogP) is 4.42. The fraction of sp³-hybridized carbons (Fsp3) is 0.500. The van der Waals surface area contributed by atoms with Gasteiger partial charge in [0.2, 0.25) is 0 Å². The zero-order valence-electron chi connectivity index (χ0n) is 9.49. The van der Waals surface area contributed by atoms with Gasteiger partial charge in [-0.3, -0.25) is 0 Å². The molecule has 0 aliphatic rings. The summed E-state index contributed by atoms with van der Waals surface area (Å²) in [7, 11) is 0. The van der Waals surface area contributed by atoms with Crippen LogP contribution in [0.3, 0.4) is 0 Å². The molecule has 0 heterocycles. The fourth-order valence-corrected chi connectivity index (χ4v) is 1.21. The molecule has 1 rings (SSSR count). The van der Waals surface area contributed by atoms with Crippen LogP contribution in [0.5, 0.6) is 0 Å². The highest BCUT2D eigenvalue weighted by Crippen LogP contribution is 2.23. The van der Waals surface area contributed by atoms with Gasteiger partial charge in [-0.05, 0) is 24.5 Å². The van der Waals surface area contributed by atoms with E-state index in [2.05, 4.69) is 0 Å². The Morgan fingerprint density at radius 3 is 1.93 bits per heavy atom. The minimum Gasteiger partial charge on any atom is -0.207 e. The summed E-state index contributed by atoms with van der Waals surface area (Å²) in [6.45, 7) is 9.20. The van der Waals surface area contributed by atoms with E-state index in [9.17, 15) is 8.78 Å². The summed E-state index contributed by atoms with van der Waals surface area (Å²) in [6, 6.07) is 2.77. The van der Waals surface area contributed by atoms with E-state index >= 15 is 0 Å². The quantitative estimate of drug-likeness (QED) is 0.629. The highest BCUT2D eigenvalue weighted by Gasteiger charge is 2.13. The Kier molecular flexibility index (Phi) is 5.36. The zero-order chi connectivity index (χ0) is 11.3. The number of halogens is 2. The molecular formula is C12H18F2. The van der Waals surface area contributed by atoms with Gasteiger partial charge in [-0.25, -0.2) is 8.78 Å². The Labute approximate surface area is 85.0 Å². The summed E-state index contributed by atoms with van der Waals surface area (Å²) in [5.41, 5.74) is 0.690. The molecule has 14 heavy (non-hydrogen) atoms. The predicted molar refractivity (Wildman–Crippen MR) is 56.5 cm³/mol. The van der Waals surface area contributed by atoms with E-state index in [1.54, 1.807) is 20.8 Å². The van der Waals surface area contributed by atoms with Crippen LogP contribution in [0, 0.1) is 18.6 Å². The lowest BCUT2D eigenvalue weighted by Gasteiger charge is -2.09. The summed E-state index contributed by atoms with van der Waals surface area (Å²) in [5.74, 6) is -0.969. The van der Waals surface area contributed by atoms with Gasteiger partial charge in [-0.15, -0.1) is 0 Å². The van der Waals surface area contributed by atoms with E-state index in [1.165, 1.54) is 12.1 Å². The lowest BCUT2D eigenvalue weighted by atomic mass is 10.00. The molecule has 0 aliphatic carbocycles. The zero-order valence-corrected chi connectivity index (χ0v) is 9.49. The second-order valence-electron chi connectivity index (χ2n) is 3.25. The molecule has 0 bridgehead atoms. The first-order chi connectivity index (χ1) is 6.54. The SMILES string of the molecule is CC.Cc1ccc(F)c(C(C)C)c1F. The molecule has 1 aromatic carbocycles. The maximum atomic E-state index is 13.3. The van der Waals surface area contributed by atoms with Gasteiger partial charge in [0.15, 0.2) is 0 Å². The van der Waals surface area contributed by atoms with Crippen molar-refractivity contribution in [1.82, 2.24) is 0 Å². The van der Waals surface area contributed by atoms with Crippen LogP contribution in [0.15, 0.2) is 12.1 Å². The molecular weight excluding hydrogens is 182 g/mol. The maximum absolute atomic E-state index is 13.3. The molecule has 0 saturated carbocycles. The summed E-state index contributed by atoms with van der Waals surface area (Å²) in [4.78, 5) is 0. The van der Waals surface area contributed by atoms with Crippen molar-refractivity contribution in [3.05, 3.63) is 34.9 Å². The third-order valence-electron chi connectivity index (χ3n) is 1.90. The van der Waals surface area contributed by atoms with Crippen molar-refractivity contribution in [1.29, 1.82) is 0 Å². The van der Waals surface area contributed by atoms with E-state index in [4.69, 9.17) is 0 Å². The second-order valence-corrected chi connectivity index (χ2v) is 3.25. The maximum Gasteiger partial charge on any atom is 0.132 e. The summed E-state index contributed by atoms with van der Waals surface area (Å²) >= 11 is 0.